The number of rotatable bonds is 2. The molecular formula is C22H17NO. The molecular weight excluding hydrogens is 294 g/mol. The Morgan fingerprint density at radius 1 is 0.750 bits per heavy atom. The lowest BCUT2D eigenvalue weighted by molar-refractivity contribution is 0.477. The van der Waals surface area contributed by atoms with Crippen LogP contribution in [0.5, 0.6) is 5.75 Å². The molecule has 0 saturated carbocycles. The molecule has 0 fully saturated rings. The number of aryl methyl sites for hydroxylation is 1. The second-order valence-electron chi connectivity index (χ2n) is 5.96. The number of phenolic OH excluding ortho intramolecular Hbond substituents is 1. The van der Waals surface area contributed by atoms with Crippen LogP contribution in [0, 0.1) is 6.92 Å². The number of phenols is 1. The lowest BCUT2D eigenvalue weighted by Crippen LogP contribution is -1.91. The van der Waals surface area contributed by atoms with Crippen molar-refractivity contribution in [2.24, 2.45) is 0 Å². The molecule has 0 radical (unpaired) electrons. The van der Waals surface area contributed by atoms with Gasteiger partial charge in [0, 0.05) is 10.9 Å². The van der Waals surface area contributed by atoms with E-state index in [-0.39, 0.29) is 5.75 Å². The first-order chi connectivity index (χ1) is 11.7. The van der Waals surface area contributed by atoms with Crippen molar-refractivity contribution in [1.29, 1.82) is 0 Å². The number of hydrogen-bond donors (Lipinski definition) is 1. The van der Waals surface area contributed by atoms with Crippen LogP contribution in [0.15, 0.2) is 78.9 Å². The average Bonchev–Trinajstić information content (AvgIpc) is 2.62. The van der Waals surface area contributed by atoms with Crippen molar-refractivity contribution in [2.75, 3.05) is 0 Å². The zero-order chi connectivity index (χ0) is 16.5. The van der Waals surface area contributed by atoms with Gasteiger partial charge < -0.3 is 5.11 Å². The van der Waals surface area contributed by atoms with Gasteiger partial charge in [-0.05, 0) is 48.4 Å². The highest BCUT2D eigenvalue weighted by atomic mass is 16.3. The molecule has 1 heterocycles. The van der Waals surface area contributed by atoms with Crippen molar-refractivity contribution in [3.63, 3.8) is 0 Å². The van der Waals surface area contributed by atoms with Crippen LogP contribution in [0.25, 0.3) is 33.3 Å². The number of hydrogen-bond acceptors (Lipinski definition) is 2. The Labute approximate surface area is 141 Å². The van der Waals surface area contributed by atoms with Gasteiger partial charge in [-0.15, -0.1) is 0 Å². The molecule has 116 valence electrons. The molecule has 4 aromatic rings. The van der Waals surface area contributed by atoms with Gasteiger partial charge in [0.25, 0.3) is 0 Å². The van der Waals surface area contributed by atoms with Gasteiger partial charge >= 0.3 is 0 Å². The quantitative estimate of drug-likeness (QED) is 0.524. The molecule has 1 N–H and O–H groups in total. The topological polar surface area (TPSA) is 33.1 Å². The zero-order valence-corrected chi connectivity index (χ0v) is 13.4. The summed E-state index contributed by atoms with van der Waals surface area (Å²) in [5.74, 6) is 0.246. The van der Waals surface area contributed by atoms with Crippen molar-refractivity contribution in [3.05, 3.63) is 84.4 Å². The van der Waals surface area contributed by atoms with Gasteiger partial charge in [0.1, 0.15) is 5.75 Å². The van der Waals surface area contributed by atoms with Crippen molar-refractivity contribution >= 4 is 10.9 Å². The number of pyridine rings is 1. The predicted molar refractivity (Wildman–Crippen MR) is 99.0 cm³/mol. The standard InChI is InChI=1S/C22H17NO/c1-15-11-12-20-19(13-15)18(16-7-3-2-4-8-16)14-21(23-20)17-9-5-6-10-22(17)24/h2-14,24H,1H3. The number of nitrogens with zero attached hydrogens (tertiary/aromatic N) is 1. The lowest BCUT2D eigenvalue weighted by atomic mass is 9.97. The maximum atomic E-state index is 10.2. The number of para-hydroxylation sites is 1. The van der Waals surface area contributed by atoms with Gasteiger partial charge in [-0.25, -0.2) is 4.98 Å². The van der Waals surface area contributed by atoms with E-state index in [1.54, 1.807) is 6.07 Å². The van der Waals surface area contributed by atoms with Crippen LogP contribution in [0.1, 0.15) is 5.56 Å². The smallest absolute Gasteiger partial charge is 0.124 e. The van der Waals surface area contributed by atoms with E-state index >= 15 is 0 Å². The van der Waals surface area contributed by atoms with Crippen molar-refractivity contribution in [3.8, 4) is 28.1 Å². The second kappa shape index (κ2) is 5.82. The minimum atomic E-state index is 0.246. The lowest BCUT2D eigenvalue weighted by Gasteiger charge is -2.12. The van der Waals surface area contributed by atoms with Gasteiger partial charge in [0.15, 0.2) is 0 Å². The van der Waals surface area contributed by atoms with E-state index in [4.69, 9.17) is 4.98 Å². The fourth-order valence-electron chi connectivity index (χ4n) is 3.02. The molecule has 3 aromatic carbocycles. The molecule has 0 spiro atoms. The van der Waals surface area contributed by atoms with Gasteiger partial charge in [-0.2, -0.15) is 0 Å². The fraction of sp³-hybridized carbons (Fsp3) is 0.0455. The van der Waals surface area contributed by atoms with Gasteiger partial charge in [0.05, 0.1) is 11.2 Å². The van der Waals surface area contributed by atoms with Crippen molar-refractivity contribution < 1.29 is 5.11 Å². The molecule has 1 aromatic heterocycles. The molecule has 0 aliphatic carbocycles. The first kappa shape index (κ1) is 14.5. The van der Waals surface area contributed by atoms with Crippen LogP contribution in [-0.2, 0) is 0 Å². The van der Waals surface area contributed by atoms with Crippen LogP contribution in [0.4, 0.5) is 0 Å². The Morgan fingerprint density at radius 3 is 2.29 bits per heavy atom. The largest absolute Gasteiger partial charge is 0.507 e. The maximum Gasteiger partial charge on any atom is 0.124 e. The highest BCUT2D eigenvalue weighted by Gasteiger charge is 2.11. The summed E-state index contributed by atoms with van der Waals surface area (Å²) in [5, 5.41) is 11.3. The fourth-order valence-corrected chi connectivity index (χ4v) is 3.02. The molecule has 0 saturated heterocycles. The summed E-state index contributed by atoms with van der Waals surface area (Å²) in [7, 11) is 0. The normalized spacial score (nSPS) is 10.9. The van der Waals surface area contributed by atoms with Crippen LogP contribution < -0.4 is 0 Å². The summed E-state index contributed by atoms with van der Waals surface area (Å²) in [5.41, 5.74) is 5.94. The average molecular weight is 311 g/mol. The van der Waals surface area contributed by atoms with Crippen LogP contribution in [-0.4, -0.2) is 10.1 Å². The number of benzene rings is 3. The third-order valence-corrected chi connectivity index (χ3v) is 4.23. The molecule has 2 nitrogen and oxygen atoms in total. The first-order valence-corrected chi connectivity index (χ1v) is 7.97. The Balaban J connectivity index is 2.05. The van der Waals surface area contributed by atoms with Crippen molar-refractivity contribution in [1.82, 2.24) is 4.98 Å². The second-order valence-corrected chi connectivity index (χ2v) is 5.96. The Morgan fingerprint density at radius 2 is 1.50 bits per heavy atom. The van der Waals surface area contributed by atoms with E-state index in [9.17, 15) is 5.11 Å². The summed E-state index contributed by atoms with van der Waals surface area (Å²) in [4.78, 5) is 4.77. The molecule has 0 bridgehead atoms. The first-order valence-electron chi connectivity index (χ1n) is 7.97. The minimum absolute atomic E-state index is 0.246. The monoisotopic (exact) mass is 311 g/mol. The molecule has 0 aliphatic heterocycles. The van der Waals surface area contributed by atoms with E-state index in [0.29, 0.717) is 0 Å². The molecule has 0 amide bonds. The number of aromatic nitrogens is 1. The molecule has 0 atom stereocenters. The molecule has 4 rings (SSSR count). The molecule has 0 aliphatic rings. The van der Waals surface area contributed by atoms with Crippen LogP contribution in [0.3, 0.4) is 0 Å². The predicted octanol–water partition coefficient (Wildman–Crippen LogP) is 5.58. The summed E-state index contributed by atoms with van der Waals surface area (Å²) < 4.78 is 0. The van der Waals surface area contributed by atoms with E-state index in [0.717, 1.165) is 33.3 Å². The number of aromatic hydroxyl groups is 1. The highest BCUT2D eigenvalue weighted by Crippen LogP contribution is 2.35. The maximum absolute atomic E-state index is 10.2. The minimum Gasteiger partial charge on any atom is -0.507 e. The van der Waals surface area contributed by atoms with Crippen molar-refractivity contribution in [2.45, 2.75) is 6.92 Å². The van der Waals surface area contributed by atoms with Crippen LogP contribution >= 0.6 is 0 Å². The Hall–Kier alpha value is -3.13. The van der Waals surface area contributed by atoms with Gasteiger partial charge in [0.2, 0.25) is 0 Å². The summed E-state index contributed by atoms with van der Waals surface area (Å²) >= 11 is 0. The summed E-state index contributed by atoms with van der Waals surface area (Å²) in [6.45, 7) is 2.09. The van der Waals surface area contributed by atoms with Gasteiger partial charge in [-0.1, -0.05) is 54.1 Å². The van der Waals surface area contributed by atoms with Crippen LogP contribution in [0.2, 0.25) is 0 Å². The number of fused-ring (bicyclic) bond motifs is 1. The Bertz CT molecular complexity index is 1020. The highest BCUT2D eigenvalue weighted by molar-refractivity contribution is 5.97. The van der Waals surface area contributed by atoms with E-state index in [2.05, 4.69) is 37.3 Å². The zero-order valence-electron chi connectivity index (χ0n) is 13.4. The van der Waals surface area contributed by atoms with E-state index in [1.165, 1.54) is 5.56 Å². The van der Waals surface area contributed by atoms with Gasteiger partial charge in [-0.3, -0.25) is 0 Å². The third-order valence-electron chi connectivity index (χ3n) is 4.23. The summed E-state index contributed by atoms with van der Waals surface area (Å²) in [6, 6.07) is 26.0. The molecule has 0 unspecified atom stereocenters. The van der Waals surface area contributed by atoms with E-state index < -0.39 is 0 Å². The third kappa shape index (κ3) is 2.52. The molecule has 2 heteroatoms. The Kier molecular flexibility index (Phi) is 3.51. The SMILES string of the molecule is Cc1ccc2nc(-c3ccccc3O)cc(-c3ccccc3)c2c1. The summed E-state index contributed by atoms with van der Waals surface area (Å²) in [6.07, 6.45) is 0. The van der Waals surface area contributed by atoms with E-state index in [1.807, 2.05) is 42.5 Å². The molecule has 24 heavy (non-hydrogen) atoms.